The van der Waals surface area contributed by atoms with E-state index in [1.54, 1.807) is 6.20 Å². The molecule has 1 aliphatic rings. The van der Waals surface area contributed by atoms with Gasteiger partial charge in [-0.2, -0.15) is 5.10 Å². The number of para-hydroxylation sites is 2. The van der Waals surface area contributed by atoms with Crippen molar-refractivity contribution < 1.29 is 4.79 Å². The van der Waals surface area contributed by atoms with Crippen LogP contribution in [0.4, 0.5) is 5.95 Å². The Morgan fingerprint density at radius 2 is 2.04 bits per heavy atom. The Labute approximate surface area is 153 Å². The fourth-order valence-electron chi connectivity index (χ4n) is 3.95. The van der Waals surface area contributed by atoms with Crippen molar-refractivity contribution in [2.24, 2.45) is 0 Å². The van der Waals surface area contributed by atoms with Crippen LogP contribution in [-0.2, 0) is 6.54 Å². The number of amides is 1. The number of aromatic nitrogens is 4. The molecule has 1 fully saturated rings. The molecule has 4 rings (SSSR count). The first-order valence-corrected chi connectivity index (χ1v) is 9.49. The fraction of sp³-hybridized carbons (Fsp3) is 0.450. The number of carbonyl (C=O) groups is 1. The third-order valence-electron chi connectivity index (χ3n) is 5.29. The van der Waals surface area contributed by atoms with Gasteiger partial charge in [-0.3, -0.25) is 14.8 Å². The van der Waals surface area contributed by atoms with E-state index in [9.17, 15) is 4.79 Å². The minimum absolute atomic E-state index is 0.139. The van der Waals surface area contributed by atoms with Crippen molar-refractivity contribution in [2.75, 3.05) is 5.32 Å². The maximum absolute atomic E-state index is 12.9. The van der Waals surface area contributed by atoms with Gasteiger partial charge in [0.25, 0.3) is 5.91 Å². The van der Waals surface area contributed by atoms with Gasteiger partial charge in [0.1, 0.15) is 0 Å². The summed E-state index contributed by atoms with van der Waals surface area (Å²) in [4.78, 5) is 17.5. The predicted molar refractivity (Wildman–Crippen MR) is 102 cm³/mol. The zero-order chi connectivity index (χ0) is 18.1. The lowest BCUT2D eigenvalue weighted by atomic mass is 10.2. The largest absolute Gasteiger partial charge is 0.310 e. The number of rotatable bonds is 5. The van der Waals surface area contributed by atoms with Crippen molar-refractivity contribution in [3.05, 3.63) is 41.7 Å². The molecule has 6 heteroatoms. The predicted octanol–water partition coefficient (Wildman–Crippen LogP) is 4.32. The monoisotopic (exact) mass is 351 g/mol. The van der Waals surface area contributed by atoms with Crippen LogP contribution in [0.15, 0.2) is 30.5 Å². The Hall–Kier alpha value is -2.63. The summed E-state index contributed by atoms with van der Waals surface area (Å²) in [7, 11) is 0. The van der Waals surface area contributed by atoms with Crippen molar-refractivity contribution in [2.45, 2.75) is 58.5 Å². The highest BCUT2D eigenvalue weighted by Crippen LogP contribution is 2.30. The molecule has 6 nitrogen and oxygen atoms in total. The number of hydrogen-bond acceptors (Lipinski definition) is 3. The average molecular weight is 351 g/mol. The maximum Gasteiger partial charge on any atom is 0.261 e. The second kappa shape index (κ2) is 6.94. The molecule has 2 heterocycles. The molecule has 1 aliphatic carbocycles. The first-order valence-electron chi connectivity index (χ1n) is 9.49. The Bertz CT molecular complexity index is 933. The third kappa shape index (κ3) is 2.89. The Balaban J connectivity index is 1.62. The van der Waals surface area contributed by atoms with Gasteiger partial charge in [0, 0.05) is 12.2 Å². The summed E-state index contributed by atoms with van der Waals surface area (Å²) in [5.74, 6) is 0.463. The van der Waals surface area contributed by atoms with E-state index in [1.807, 2.05) is 35.9 Å². The molecule has 1 N–H and O–H groups in total. The lowest BCUT2D eigenvalue weighted by Crippen LogP contribution is -2.17. The summed E-state index contributed by atoms with van der Waals surface area (Å²) in [6.07, 6.45) is 7.45. The second-order valence-electron chi connectivity index (χ2n) is 7.06. The molecule has 0 spiro atoms. The molecular formula is C20H25N5O. The molecule has 136 valence electrons. The molecule has 26 heavy (non-hydrogen) atoms. The highest BCUT2D eigenvalue weighted by Gasteiger charge is 2.23. The highest BCUT2D eigenvalue weighted by molar-refractivity contribution is 6.04. The van der Waals surface area contributed by atoms with Crippen molar-refractivity contribution in [3.63, 3.8) is 0 Å². The second-order valence-corrected chi connectivity index (χ2v) is 7.06. The number of imidazole rings is 1. The van der Waals surface area contributed by atoms with Crippen molar-refractivity contribution in [1.82, 2.24) is 19.3 Å². The topological polar surface area (TPSA) is 64.7 Å². The SMILES string of the molecule is CCCn1c(NC(=O)c2cnn(C3CCCC3)c2C)nc2ccccc21. The smallest absolute Gasteiger partial charge is 0.261 e. The molecule has 1 aromatic carbocycles. The van der Waals surface area contributed by atoms with Gasteiger partial charge in [0.2, 0.25) is 5.95 Å². The van der Waals surface area contributed by atoms with Crippen LogP contribution < -0.4 is 5.32 Å². The van der Waals surface area contributed by atoms with E-state index in [2.05, 4.69) is 26.9 Å². The van der Waals surface area contributed by atoms with Gasteiger partial charge in [-0.1, -0.05) is 31.9 Å². The van der Waals surface area contributed by atoms with E-state index in [0.29, 0.717) is 17.6 Å². The molecule has 3 aromatic rings. The quantitative estimate of drug-likeness (QED) is 0.744. The number of hydrogen-bond donors (Lipinski definition) is 1. The molecule has 0 atom stereocenters. The van der Waals surface area contributed by atoms with Gasteiger partial charge in [0.15, 0.2) is 0 Å². The Morgan fingerprint density at radius 1 is 1.27 bits per heavy atom. The Morgan fingerprint density at radius 3 is 2.81 bits per heavy atom. The van der Waals surface area contributed by atoms with Crippen molar-refractivity contribution >= 4 is 22.9 Å². The zero-order valence-electron chi connectivity index (χ0n) is 15.4. The van der Waals surface area contributed by atoms with E-state index in [1.165, 1.54) is 12.8 Å². The lowest BCUT2D eigenvalue weighted by molar-refractivity contribution is 0.102. The molecular weight excluding hydrogens is 326 g/mol. The number of anilines is 1. The van der Waals surface area contributed by atoms with Crippen molar-refractivity contribution in [3.8, 4) is 0 Å². The number of benzene rings is 1. The van der Waals surface area contributed by atoms with Gasteiger partial charge in [-0.15, -0.1) is 0 Å². The summed E-state index contributed by atoms with van der Waals surface area (Å²) in [5, 5.41) is 7.50. The summed E-state index contributed by atoms with van der Waals surface area (Å²) >= 11 is 0. The number of carbonyl (C=O) groups excluding carboxylic acids is 1. The minimum Gasteiger partial charge on any atom is -0.310 e. The third-order valence-corrected chi connectivity index (χ3v) is 5.29. The van der Waals surface area contributed by atoms with Gasteiger partial charge in [-0.25, -0.2) is 4.98 Å². The van der Waals surface area contributed by atoms with E-state index < -0.39 is 0 Å². The van der Waals surface area contributed by atoms with Gasteiger partial charge in [0.05, 0.1) is 28.8 Å². The molecule has 1 amide bonds. The standard InChI is InChI=1S/C20H25N5O/c1-3-12-24-18-11-7-6-10-17(18)22-20(24)23-19(26)16-13-21-25(14(16)2)15-8-4-5-9-15/h6-7,10-11,13,15H,3-5,8-9,12H2,1-2H3,(H,22,23,26). The van der Waals surface area contributed by atoms with E-state index >= 15 is 0 Å². The van der Waals surface area contributed by atoms with Crippen molar-refractivity contribution in [1.29, 1.82) is 0 Å². The molecule has 2 aromatic heterocycles. The van der Waals surface area contributed by atoms with Gasteiger partial charge < -0.3 is 4.57 Å². The zero-order valence-corrected chi connectivity index (χ0v) is 15.4. The lowest BCUT2D eigenvalue weighted by Gasteiger charge is -2.13. The highest BCUT2D eigenvalue weighted by atomic mass is 16.1. The average Bonchev–Trinajstić information content (AvgIpc) is 3.35. The van der Waals surface area contributed by atoms with Gasteiger partial charge in [-0.05, 0) is 38.3 Å². The normalized spacial score (nSPS) is 15.0. The van der Waals surface area contributed by atoms with E-state index in [0.717, 1.165) is 42.5 Å². The number of aryl methyl sites for hydroxylation is 1. The maximum atomic E-state index is 12.9. The van der Waals surface area contributed by atoms with E-state index in [4.69, 9.17) is 0 Å². The number of fused-ring (bicyclic) bond motifs is 1. The van der Waals surface area contributed by atoms with Gasteiger partial charge >= 0.3 is 0 Å². The first kappa shape index (κ1) is 16.8. The van der Waals surface area contributed by atoms with Crippen LogP contribution in [0.25, 0.3) is 11.0 Å². The summed E-state index contributed by atoms with van der Waals surface area (Å²) in [6, 6.07) is 8.41. The van der Waals surface area contributed by atoms with Crippen LogP contribution in [0.2, 0.25) is 0 Å². The van der Waals surface area contributed by atoms with Crippen LogP contribution in [-0.4, -0.2) is 25.2 Å². The van der Waals surface area contributed by atoms with Crippen LogP contribution in [0.3, 0.4) is 0 Å². The Kier molecular flexibility index (Phi) is 4.49. The molecule has 0 aliphatic heterocycles. The van der Waals surface area contributed by atoms with E-state index in [-0.39, 0.29) is 5.91 Å². The number of nitrogens with zero attached hydrogens (tertiary/aromatic N) is 4. The van der Waals surface area contributed by atoms with Crippen LogP contribution in [0.1, 0.15) is 61.1 Å². The molecule has 0 saturated heterocycles. The molecule has 1 saturated carbocycles. The van der Waals surface area contributed by atoms with Crippen LogP contribution in [0.5, 0.6) is 0 Å². The summed E-state index contributed by atoms with van der Waals surface area (Å²) in [5.41, 5.74) is 3.51. The van der Waals surface area contributed by atoms with Crippen LogP contribution >= 0.6 is 0 Å². The fourth-order valence-corrected chi connectivity index (χ4v) is 3.95. The first-order chi connectivity index (χ1) is 12.7. The summed E-state index contributed by atoms with van der Waals surface area (Å²) < 4.78 is 4.10. The van der Waals surface area contributed by atoms with Crippen LogP contribution in [0, 0.1) is 6.92 Å². The molecule has 0 unspecified atom stereocenters. The number of nitrogens with one attached hydrogen (secondary N) is 1. The molecule has 0 bridgehead atoms. The minimum atomic E-state index is -0.139. The molecule has 0 radical (unpaired) electrons. The summed E-state index contributed by atoms with van der Waals surface area (Å²) in [6.45, 7) is 4.92.